The van der Waals surface area contributed by atoms with Crippen LogP contribution in [0.3, 0.4) is 0 Å². The number of nitrogens with one attached hydrogen (secondary N) is 1. The average molecular weight is 365 g/mol. The van der Waals surface area contributed by atoms with E-state index in [9.17, 15) is 4.79 Å². The predicted octanol–water partition coefficient (Wildman–Crippen LogP) is 4.58. The molecule has 0 radical (unpaired) electrons. The van der Waals surface area contributed by atoms with Crippen molar-refractivity contribution in [3.63, 3.8) is 0 Å². The maximum Gasteiger partial charge on any atom is 0.262 e. The molecule has 0 saturated carbocycles. The second-order valence-corrected chi connectivity index (χ2v) is 6.56. The number of aliphatic hydroxyl groups is 1. The Balaban J connectivity index is 1.53. The normalized spacial score (nSPS) is 10.8. The first-order valence-corrected chi connectivity index (χ1v) is 8.88. The SMILES string of the molecule is CC(C)c1ccc(OCC(=O)Nc2ccc(-c3ccc(CO)o3)cc2)cc1. The zero-order valence-electron chi connectivity index (χ0n) is 15.4. The lowest BCUT2D eigenvalue weighted by atomic mass is 10.0. The van der Waals surface area contributed by atoms with Crippen LogP contribution in [-0.2, 0) is 11.4 Å². The number of carbonyl (C=O) groups is 1. The number of carbonyl (C=O) groups excluding carboxylic acids is 1. The standard InChI is InChI=1S/C22H23NO4/c1-15(2)16-5-9-19(10-6-16)26-14-22(25)23-18-7-3-17(4-8-18)21-12-11-20(13-24)27-21/h3-12,15,24H,13-14H2,1-2H3,(H,23,25). The summed E-state index contributed by atoms with van der Waals surface area (Å²) in [6.45, 7) is 4.08. The lowest BCUT2D eigenvalue weighted by Gasteiger charge is -2.09. The summed E-state index contributed by atoms with van der Waals surface area (Å²) in [4.78, 5) is 12.1. The molecule has 0 fully saturated rings. The number of aliphatic hydroxyl groups excluding tert-OH is 1. The van der Waals surface area contributed by atoms with E-state index in [-0.39, 0.29) is 19.1 Å². The van der Waals surface area contributed by atoms with Crippen molar-refractivity contribution < 1.29 is 19.1 Å². The zero-order valence-corrected chi connectivity index (χ0v) is 15.4. The average Bonchev–Trinajstić information content (AvgIpc) is 3.16. The van der Waals surface area contributed by atoms with E-state index >= 15 is 0 Å². The van der Waals surface area contributed by atoms with Gasteiger partial charge in [-0.05, 0) is 60.0 Å². The first-order valence-electron chi connectivity index (χ1n) is 8.88. The molecule has 0 aliphatic carbocycles. The van der Waals surface area contributed by atoms with Crippen molar-refractivity contribution >= 4 is 11.6 Å². The van der Waals surface area contributed by atoms with Crippen LogP contribution < -0.4 is 10.1 Å². The van der Waals surface area contributed by atoms with Crippen LogP contribution in [-0.4, -0.2) is 17.6 Å². The Morgan fingerprint density at radius 3 is 2.33 bits per heavy atom. The molecule has 0 aliphatic heterocycles. The van der Waals surface area contributed by atoms with Crippen molar-refractivity contribution in [2.24, 2.45) is 0 Å². The molecule has 1 heterocycles. The third-order valence-corrected chi connectivity index (χ3v) is 4.19. The summed E-state index contributed by atoms with van der Waals surface area (Å²) >= 11 is 0. The fourth-order valence-corrected chi connectivity index (χ4v) is 2.63. The summed E-state index contributed by atoms with van der Waals surface area (Å²) in [6.07, 6.45) is 0. The lowest BCUT2D eigenvalue weighted by Crippen LogP contribution is -2.20. The van der Waals surface area contributed by atoms with Crippen molar-refractivity contribution in [1.82, 2.24) is 0 Å². The second-order valence-electron chi connectivity index (χ2n) is 6.56. The highest BCUT2D eigenvalue weighted by Crippen LogP contribution is 2.24. The van der Waals surface area contributed by atoms with Gasteiger partial charge in [0.1, 0.15) is 23.9 Å². The predicted molar refractivity (Wildman–Crippen MR) is 105 cm³/mol. The number of hydrogen-bond donors (Lipinski definition) is 2. The van der Waals surface area contributed by atoms with Crippen molar-refractivity contribution in [3.05, 3.63) is 72.0 Å². The van der Waals surface area contributed by atoms with Gasteiger partial charge < -0.3 is 19.6 Å². The van der Waals surface area contributed by atoms with Crippen molar-refractivity contribution in [2.45, 2.75) is 26.4 Å². The van der Waals surface area contributed by atoms with Crippen LogP contribution >= 0.6 is 0 Å². The molecule has 140 valence electrons. The number of anilines is 1. The molecule has 0 spiro atoms. The molecule has 1 amide bonds. The van der Waals surface area contributed by atoms with E-state index in [1.165, 1.54) is 5.56 Å². The molecule has 0 aliphatic rings. The summed E-state index contributed by atoms with van der Waals surface area (Å²) in [5, 5.41) is 11.9. The van der Waals surface area contributed by atoms with Gasteiger partial charge in [-0.1, -0.05) is 26.0 Å². The fourth-order valence-electron chi connectivity index (χ4n) is 2.63. The minimum Gasteiger partial charge on any atom is -0.484 e. The number of amides is 1. The molecule has 5 nitrogen and oxygen atoms in total. The summed E-state index contributed by atoms with van der Waals surface area (Å²) in [5.74, 6) is 2.09. The third-order valence-electron chi connectivity index (χ3n) is 4.19. The van der Waals surface area contributed by atoms with E-state index in [1.54, 1.807) is 24.3 Å². The molecular weight excluding hydrogens is 342 g/mol. The maximum atomic E-state index is 12.1. The van der Waals surface area contributed by atoms with Crippen molar-refractivity contribution in [3.8, 4) is 17.1 Å². The Morgan fingerprint density at radius 2 is 1.74 bits per heavy atom. The highest BCUT2D eigenvalue weighted by molar-refractivity contribution is 5.92. The van der Waals surface area contributed by atoms with E-state index < -0.39 is 0 Å². The van der Waals surface area contributed by atoms with Crippen LogP contribution in [0.2, 0.25) is 0 Å². The number of ether oxygens (including phenoxy) is 1. The van der Waals surface area contributed by atoms with E-state index in [0.29, 0.717) is 28.9 Å². The number of furan rings is 1. The van der Waals surface area contributed by atoms with Crippen LogP contribution in [0.5, 0.6) is 5.75 Å². The Bertz CT molecular complexity index is 879. The highest BCUT2D eigenvalue weighted by atomic mass is 16.5. The second kappa shape index (κ2) is 8.56. The monoisotopic (exact) mass is 365 g/mol. The van der Waals surface area contributed by atoms with Crippen LogP contribution in [0, 0.1) is 0 Å². The smallest absolute Gasteiger partial charge is 0.262 e. The number of benzene rings is 2. The molecular formula is C22H23NO4. The minimum atomic E-state index is -0.226. The molecule has 1 aromatic heterocycles. The molecule has 3 aromatic rings. The van der Waals surface area contributed by atoms with Crippen molar-refractivity contribution in [1.29, 1.82) is 0 Å². The molecule has 2 N–H and O–H groups in total. The summed E-state index contributed by atoms with van der Waals surface area (Å²) < 4.78 is 11.0. The molecule has 27 heavy (non-hydrogen) atoms. The van der Waals surface area contributed by atoms with Gasteiger partial charge in [-0.25, -0.2) is 0 Å². The fraction of sp³-hybridized carbons (Fsp3) is 0.227. The number of rotatable bonds is 7. The first-order chi connectivity index (χ1) is 13.0. The number of hydrogen-bond acceptors (Lipinski definition) is 4. The van der Waals surface area contributed by atoms with Gasteiger partial charge >= 0.3 is 0 Å². The third kappa shape index (κ3) is 4.99. The lowest BCUT2D eigenvalue weighted by molar-refractivity contribution is -0.118. The van der Waals surface area contributed by atoms with E-state index in [4.69, 9.17) is 14.3 Å². The topological polar surface area (TPSA) is 71.7 Å². The van der Waals surface area contributed by atoms with Gasteiger partial charge in [0.15, 0.2) is 6.61 Å². The molecule has 0 bridgehead atoms. The Morgan fingerprint density at radius 1 is 1.04 bits per heavy atom. The quantitative estimate of drug-likeness (QED) is 0.643. The van der Waals surface area contributed by atoms with Gasteiger partial charge in [-0.15, -0.1) is 0 Å². The first kappa shape index (κ1) is 18.7. The van der Waals surface area contributed by atoms with Gasteiger partial charge in [-0.2, -0.15) is 0 Å². The van der Waals surface area contributed by atoms with Gasteiger partial charge in [0, 0.05) is 11.3 Å². The summed E-state index contributed by atoms with van der Waals surface area (Å²) in [6, 6.07) is 18.6. The van der Waals surface area contributed by atoms with Crippen molar-refractivity contribution in [2.75, 3.05) is 11.9 Å². The maximum absolute atomic E-state index is 12.1. The Hall–Kier alpha value is -3.05. The van der Waals surface area contributed by atoms with E-state index in [1.807, 2.05) is 36.4 Å². The van der Waals surface area contributed by atoms with Gasteiger partial charge in [0.2, 0.25) is 0 Å². The largest absolute Gasteiger partial charge is 0.484 e. The highest BCUT2D eigenvalue weighted by Gasteiger charge is 2.07. The van der Waals surface area contributed by atoms with Crippen LogP contribution in [0.1, 0.15) is 31.1 Å². The van der Waals surface area contributed by atoms with Gasteiger partial charge in [-0.3, -0.25) is 4.79 Å². The Labute approximate surface area is 158 Å². The Kier molecular flexibility index (Phi) is 5.94. The molecule has 2 aromatic carbocycles. The summed E-state index contributed by atoms with van der Waals surface area (Å²) in [7, 11) is 0. The van der Waals surface area contributed by atoms with Crippen LogP contribution in [0.15, 0.2) is 65.1 Å². The molecule has 0 atom stereocenters. The van der Waals surface area contributed by atoms with Crippen LogP contribution in [0.4, 0.5) is 5.69 Å². The molecule has 0 saturated heterocycles. The minimum absolute atomic E-state index is 0.0547. The van der Waals surface area contributed by atoms with Gasteiger partial charge in [0.25, 0.3) is 5.91 Å². The van der Waals surface area contributed by atoms with Crippen LogP contribution in [0.25, 0.3) is 11.3 Å². The zero-order chi connectivity index (χ0) is 19.2. The molecule has 3 rings (SSSR count). The van der Waals surface area contributed by atoms with E-state index in [2.05, 4.69) is 19.2 Å². The van der Waals surface area contributed by atoms with Gasteiger partial charge in [0.05, 0.1) is 0 Å². The van der Waals surface area contributed by atoms with E-state index in [0.717, 1.165) is 5.56 Å². The summed E-state index contributed by atoms with van der Waals surface area (Å²) in [5.41, 5.74) is 2.78. The molecule has 0 unspecified atom stereocenters. The molecule has 5 heteroatoms.